The van der Waals surface area contributed by atoms with Crippen LogP contribution in [0, 0.1) is 0 Å². The van der Waals surface area contributed by atoms with E-state index in [2.05, 4.69) is 10.4 Å². The molecule has 1 aromatic carbocycles. The summed E-state index contributed by atoms with van der Waals surface area (Å²) in [5.74, 6) is -0.0595. The summed E-state index contributed by atoms with van der Waals surface area (Å²) in [5.41, 5.74) is 9.13. The number of nitrogens with two attached hydrogens (primary N) is 1. The zero-order valence-corrected chi connectivity index (χ0v) is 18.0. The van der Waals surface area contributed by atoms with E-state index >= 15 is 0 Å². The van der Waals surface area contributed by atoms with Gasteiger partial charge in [-0.3, -0.25) is 4.79 Å². The number of rotatable bonds is 4. The number of carbonyl (C=O) groups excluding carboxylic acids is 1. The van der Waals surface area contributed by atoms with E-state index in [-0.39, 0.29) is 42.8 Å². The Balaban J connectivity index is 0.00000150. The monoisotopic (exact) mass is 435 g/mol. The lowest BCUT2D eigenvalue weighted by Gasteiger charge is -2.26. The second-order valence-corrected chi connectivity index (χ2v) is 7.20. The van der Waals surface area contributed by atoms with E-state index in [0.717, 1.165) is 48.0 Å². The van der Waals surface area contributed by atoms with Crippen molar-refractivity contribution in [1.29, 1.82) is 0 Å². The highest BCUT2D eigenvalue weighted by atomic mass is 35.5. The minimum absolute atomic E-state index is 0. The van der Waals surface area contributed by atoms with Gasteiger partial charge in [0.25, 0.3) is 5.91 Å². The van der Waals surface area contributed by atoms with E-state index in [9.17, 15) is 4.79 Å². The van der Waals surface area contributed by atoms with Crippen LogP contribution in [0.2, 0.25) is 0 Å². The molecule has 0 radical (unpaired) electrons. The Labute approximate surface area is 183 Å². The summed E-state index contributed by atoms with van der Waals surface area (Å²) in [6, 6.07) is 12.3. The number of nitrogens with zero attached hydrogens (tertiary/aromatic N) is 3. The molecule has 0 atom stereocenters. The van der Waals surface area contributed by atoms with Crippen LogP contribution in [0.4, 0.5) is 0 Å². The number of aryl methyl sites for hydroxylation is 1. The molecule has 0 saturated heterocycles. The van der Waals surface area contributed by atoms with E-state index in [0.29, 0.717) is 12.1 Å². The molecule has 0 spiro atoms. The van der Waals surface area contributed by atoms with Gasteiger partial charge in [0.15, 0.2) is 5.65 Å². The fourth-order valence-electron chi connectivity index (χ4n) is 3.75. The molecule has 3 aromatic rings. The molecule has 8 heteroatoms. The standard InChI is InChI=1S/C21H25N5O.2ClH/c1-2-26-20-18(13-23-26)17(12-19(25-20)14-6-4-3-5-7-14)21(27)24-16-10-8-15(22)9-11-16;;/h3-7,12-13,15-16H,2,8-11,22H2,1H3,(H,24,27);2*1H. The van der Waals surface area contributed by atoms with Crippen LogP contribution in [0.1, 0.15) is 43.0 Å². The van der Waals surface area contributed by atoms with Crippen molar-refractivity contribution >= 4 is 41.8 Å². The number of nitrogens with one attached hydrogen (secondary N) is 1. The summed E-state index contributed by atoms with van der Waals surface area (Å²) in [6.07, 6.45) is 5.52. The van der Waals surface area contributed by atoms with Crippen LogP contribution in [0.3, 0.4) is 0 Å². The predicted octanol–water partition coefficient (Wildman–Crippen LogP) is 3.96. The van der Waals surface area contributed by atoms with Gasteiger partial charge < -0.3 is 11.1 Å². The van der Waals surface area contributed by atoms with Crippen LogP contribution in [-0.2, 0) is 6.54 Å². The zero-order valence-electron chi connectivity index (χ0n) is 16.4. The minimum Gasteiger partial charge on any atom is -0.349 e. The molecule has 0 bridgehead atoms. The molecule has 1 amide bonds. The van der Waals surface area contributed by atoms with Crippen molar-refractivity contribution in [3.05, 3.63) is 48.2 Å². The first-order valence-corrected chi connectivity index (χ1v) is 9.64. The Hall–Kier alpha value is -2.15. The van der Waals surface area contributed by atoms with Crippen molar-refractivity contribution in [1.82, 2.24) is 20.1 Å². The van der Waals surface area contributed by atoms with Gasteiger partial charge in [0.1, 0.15) is 0 Å². The Morgan fingerprint density at radius 3 is 2.52 bits per heavy atom. The molecule has 2 aromatic heterocycles. The largest absolute Gasteiger partial charge is 0.349 e. The number of hydrogen-bond donors (Lipinski definition) is 2. The Morgan fingerprint density at radius 1 is 1.17 bits per heavy atom. The van der Waals surface area contributed by atoms with Gasteiger partial charge in [-0.05, 0) is 38.7 Å². The highest BCUT2D eigenvalue weighted by Crippen LogP contribution is 2.25. The molecule has 6 nitrogen and oxygen atoms in total. The van der Waals surface area contributed by atoms with Gasteiger partial charge in [-0.1, -0.05) is 30.3 Å². The van der Waals surface area contributed by atoms with E-state index in [1.165, 1.54) is 0 Å². The topological polar surface area (TPSA) is 85.8 Å². The summed E-state index contributed by atoms with van der Waals surface area (Å²) in [5, 5.41) is 8.39. The number of amides is 1. The third-order valence-electron chi connectivity index (χ3n) is 5.33. The average Bonchev–Trinajstić information content (AvgIpc) is 3.12. The molecule has 2 heterocycles. The van der Waals surface area contributed by atoms with E-state index in [1.807, 2.05) is 48.0 Å². The van der Waals surface area contributed by atoms with Gasteiger partial charge >= 0.3 is 0 Å². The maximum absolute atomic E-state index is 13.1. The summed E-state index contributed by atoms with van der Waals surface area (Å²) in [7, 11) is 0. The molecular formula is C21H27Cl2N5O. The first-order chi connectivity index (χ1) is 13.2. The van der Waals surface area contributed by atoms with Crippen molar-refractivity contribution in [2.24, 2.45) is 5.73 Å². The van der Waals surface area contributed by atoms with Gasteiger partial charge in [0, 0.05) is 24.2 Å². The van der Waals surface area contributed by atoms with Crippen molar-refractivity contribution < 1.29 is 4.79 Å². The first kappa shape index (κ1) is 23.1. The van der Waals surface area contributed by atoms with Crippen molar-refractivity contribution in [3.8, 4) is 11.3 Å². The molecule has 3 N–H and O–H groups in total. The Kier molecular flexibility index (Phi) is 8.02. The van der Waals surface area contributed by atoms with Gasteiger partial charge in [0.2, 0.25) is 0 Å². The molecule has 0 unspecified atom stereocenters. The highest BCUT2D eigenvalue weighted by Gasteiger charge is 2.23. The lowest BCUT2D eigenvalue weighted by molar-refractivity contribution is 0.0927. The fraction of sp³-hybridized carbons (Fsp3) is 0.381. The SMILES string of the molecule is CCn1ncc2c(C(=O)NC3CCC(N)CC3)cc(-c3ccccc3)nc21.Cl.Cl. The van der Waals surface area contributed by atoms with Gasteiger partial charge in [-0.25, -0.2) is 9.67 Å². The molecule has 156 valence electrons. The van der Waals surface area contributed by atoms with Crippen molar-refractivity contribution in [2.75, 3.05) is 0 Å². The van der Waals surface area contributed by atoms with Crippen molar-refractivity contribution in [2.45, 2.75) is 51.2 Å². The van der Waals surface area contributed by atoms with Crippen LogP contribution in [0.5, 0.6) is 0 Å². The van der Waals surface area contributed by atoms with E-state index < -0.39 is 0 Å². The number of pyridine rings is 1. The van der Waals surface area contributed by atoms with Crippen molar-refractivity contribution in [3.63, 3.8) is 0 Å². The maximum Gasteiger partial charge on any atom is 0.252 e. The van der Waals surface area contributed by atoms with Gasteiger partial charge in [-0.2, -0.15) is 5.10 Å². The number of hydrogen-bond acceptors (Lipinski definition) is 4. The van der Waals surface area contributed by atoms with Crippen LogP contribution >= 0.6 is 24.8 Å². The molecule has 29 heavy (non-hydrogen) atoms. The Morgan fingerprint density at radius 2 is 1.86 bits per heavy atom. The molecule has 1 aliphatic rings. The van der Waals surface area contributed by atoms with Gasteiger partial charge in [0.05, 0.1) is 22.8 Å². The average molecular weight is 436 g/mol. The molecule has 1 saturated carbocycles. The number of halogens is 2. The fourth-order valence-corrected chi connectivity index (χ4v) is 3.75. The van der Waals surface area contributed by atoms with Crippen LogP contribution in [0.25, 0.3) is 22.3 Å². The summed E-state index contributed by atoms with van der Waals surface area (Å²) < 4.78 is 1.83. The molecule has 0 aliphatic heterocycles. The smallest absolute Gasteiger partial charge is 0.252 e. The number of fused-ring (bicyclic) bond motifs is 1. The van der Waals surface area contributed by atoms with E-state index in [1.54, 1.807) is 6.20 Å². The molecular weight excluding hydrogens is 409 g/mol. The van der Waals surface area contributed by atoms with E-state index in [4.69, 9.17) is 10.7 Å². The summed E-state index contributed by atoms with van der Waals surface area (Å²) in [6.45, 7) is 2.73. The quantitative estimate of drug-likeness (QED) is 0.648. The first-order valence-electron chi connectivity index (χ1n) is 9.64. The lowest BCUT2D eigenvalue weighted by atomic mass is 9.91. The van der Waals surface area contributed by atoms with Crippen LogP contribution in [0.15, 0.2) is 42.6 Å². The second kappa shape index (κ2) is 10.1. The van der Waals surface area contributed by atoms with Crippen LogP contribution in [-0.4, -0.2) is 32.8 Å². The molecule has 1 fully saturated rings. The summed E-state index contributed by atoms with van der Waals surface area (Å²) >= 11 is 0. The Bertz CT molecular complexity index is 952. The molecule has 4 rings (SSSR count). The molecule has 1 aliphatic carbocycles. The third-order valence-corrected chi connectivity index (χ3v) is 5.33. The predicted molar refractivity (Wildman–Crippen MR) is 121 cm³/mol. The normalized spacial score (nSPS) is 18.6. The zero-order chi connectivity index (χ0) is 18.8. The number of carbonyl (C=O) groups is 1. The maximum atomic E-state index is 13.1. The third kappa shape index (κ3) is 4.89. The highest BCUT2D eigenvalue weighted by molar-refractivity contribution is 6.06. The lowest BCUT2D eigenvalue weighted by Crippen LogP contribution is -2.40. The minimum atomic E-state index is -0.0595. The second-order valence-electron chi connectivity index (χ2n) is 7.20. The van der Waals surface area contributed by atoms with Gasteiger partial charge in [-0.15, -0.1) is 24.8 Å². The number of benzene rings is 1. The number of aromatic nitrogens is 3. The van der Waals surface area contributed by atoms with Crippen LogP contribution < -0.4 is 11.1 Å². The summed E-state index contributed by atoms with van der Waals surface area (Å²) in [4.78, 5) is 17.9.